The van der Waals surface area contributed by atoms with E-state index in [9.17, 15) is 4.79 Å². The minimum absolute atomic E-state index is 0.237. The van der Waals surface area contributed by atoms with Crippen molar-refractivity contribution in [3.8, 4) is 0 Å². The highest BCUT2D eigenvalue weighted by atomic mass is 16.4. The Morgan fingerprint density at radius 3 is 2.67 bits per heavy atom. The summed E-state index contributed by atoms with van der Waals surface area (Å²) in [5, 5.41) is 8.92. The van der Waals surface area contributed by atoms with E-state index in [1.165, 1.54) is 0 Å². The smallest absolute Gasteiger partial charge is 0.320 e. The Bertz CT molecular complexity index is 170. The summed E-state index contributed by atoms with van der Waals surface area (Å²) >= 11 is 0. The second-order valence-electron chi connectivity index (χ2n) is 3.52. The molecule has 0 radical (unpaired) electrons. The van der Waals surface area contributed by atoms with Gasteiger partial charge in [0.15, 0.2) is 0 Å². The summed E-state index contributed by atoms with van der Waals surface area (Å²) in [6.45, 7) is 5.08. The molecule has 1 heterocycles. The van der Waals surface area contributed by atoms with Crippen molar-refractivity contribution < 1.29 is 9.90 Å². The highest BCUT2D eigenvalue weighted by Gasteiger charge is 2.33. The van der Waals surface area contributed by atoms with Crippen molar-refractivity contribution in [1.82, 2.24) is 4.90 Å². The van der Waals surface area contributed by atoms with Gasteiger partial charge in [0.25, 0.3) is 0 Å². The molecule has 0 aromatic heterocycles. The summed E-state index contributed by atoms with van der Waals surface area (Å²) in [4.78, 5) is 12.9. The molecule has 3 heteroatoms. The molecule has 12 heavy (non-hydrogen) atoms. The number of likely N-dealkylation sites (tertiary alicyclic amines) is 1. The maximum atomic E-state index is 10.8. The Balaban J connectivity index is 2.47. The fraction of sp³-hybridized carbons (Fsp3) is 0.889. The Morgan fingerprint density at radius 2 is 2.42 bits per heavy atom. The highest BCUT2D eigenvalue weighted by Crippen LogP contribution is 2.22. The van der Waals surface area contributed by atoms with Crippen LogP contribution >= 0.6 is 0 Å². The van der Waals surface area contributed by atoms with Gasteiger partial charge < -0.3 is 5.11 Å². The van der Waals surface area contributed by atoms with Gasteiger partial charge in [0.1, 0.15) is 6.04 Å². The molecule has 2 unspecified atom stereocenters. The molecule has 1 aliphatic heterocycles. The van der Waals surface area contributed by atoms with Gasteiger partial charge in [0, 0.05) is 12.6 Å². The van der Waals surface area contributed by atoms with Crippen LogP contribution in [0.4, 0.5) is 0 Å². The monoisotopic (exact) mass is 171 g/mol. The van der Waals surface area contributed by atoms with Gasteiger partial charge in [-0.15, -0.1) is 0 Å². The topological polar surface area (TPSA) is 40.5 Å². The molecule has 0 aliphatic carbocycles. The molecule has 0 aromatic rings. The van der Waals surface area contributed by atoms with Crippen LogP contribution in [0.1, 0.15) is 33.1 Å². The Labute approximate surface area is 73.4 Å². The van der Waals surface area contributed by atoms with Crippen LogP contribution in [0.3, 0.4) is 0 Å². The van der Waals surface area contributed by atoms with Gasteiger partial charge in [0.2, 0.25) is 0 Å². The fourth-order valence-corrected chi connectivity index (χ4v) is 1.70. The van der Waals surface area contributed by atoms with Crippen LogP contribution in [0, 0.1) is 0 Å². The predicted molar refractivity (Wildman–Crippen MR) is 47.1 cm³/mol. The molecule has 2 atom stereocenters. The van der Waals surface area contributed by atoms with Crippen LogP contribution in [-0.4, -0.2) is 34.6 Å². The molecule has 1 aliphatic rings. The third-order valence-electron chi connectivity index (χ3n) is 2.62. The lowest BCUT2D eigenvalue weighted by Gasteiger charge is -2.42. The first-order valence-electron chi connectivity index (χ1n) is 4.65. The molecule has 0 amide bonds. The van der Waals surface area contributed by atoms with Gasteiger partial charge in [-0.1, -0.05) is 13.3 Å². The summed E-state index contributed by atoms with van der Waals surface area (Å²) in [7, 11) is 0. The second kappa shape index (κ2) is 3.90. The van der Waals surface area contributed by atoms with E-state index in [1.54, 1.807) is 0 Å². The van der Waals surface area contributed by atoms with Crippen LogP contribution in [0.15, 0.2) is 0 Å². The SMILES string of the molecule is CCCC(C(=O)O)N1CCC1C. The maximum Gasteiger partial charge on any atom is 0.320 e. The third kappa shape index (κ3) is 1.78. The number of carboxylic acid groups (broad SMARTS) is 1. The van der Waals surface area contributed by atoms with Crippen molar-refractivity contribution in [1.29, 1.82) is 0 Å². The fourth-order valence-electron chi connectivity index (χ4n) is 1.70. The molecular formula is C9H17NO2. The molecule has 1 saturated heterocycles. The van der Waals surface area contributed by atoms with Gasteiger partial charge in [-0.3, -0.25) is 9.69 Å². The van der Waals surface area contributed by atoms with Gasteiger partial charge in [-0.05, 0) is 19.8 Å². The first-order chi connectivity index (χ1) is 5.66. The van der Waals surface area contributed by atoms with E-state index in [1.807, 2.05) is 6.92 Å². The number of rotatable bonds is 4. The van der Waals surface area contributed by atoms with E-state index in [4.69, 9.17) is 5.11 Å². The lowest BCUT2D eigenvalue weighted by atomic mass is 9.99. The van der Waals surface area contributed by atoms with E-state index in [0.29, 0.717) is 6.04 Å². The van der Waals surface area contributed by atoms with Crippen LogP contribution < -0.4 is 0 Å². The molecule has 0 spiro atoms. The molecule has 1 N–H and O–H groups in total. The summed E-state index contributed by atoms with van der Waals surface area (Å²) < 4.78 is 0. The molecule has 0 aromatic carbocycles. The van der Waals surface area contributed by atoms with Crippen LogP contribution in [0.25, 0.3) is 0 Å². The summed E-state index contributed by atoms with van der Waals surface area (Å²) in [6, 6.07) is 0.233. The summed E-state index contributed by atoms with van der Waals surface area (Å²) in [6.07, 6.45) is 2.87. The van der Waals surface area contributed by atoms with Crippen LogP contribution in [0.2, 0.25) is 0 Å². The summed E-state index contributed by atoms with van der Waals surface area (Å²) in [5.74, 6) is -0.664. The molecule has 0 saturated carbocycles. The number of nitrogens with zero attached hydrogens (tertiary/aromatic N) is 1. The largest absolute Gasteiger partial charge is 0.480 e. The Kier molecular flexibility index (Phi) is 3.09. The van der Waals surface area contributed by atoms with Gasteiger partial charge in [0.05, 0.1) is 0 Å². The van der Waals surface area contributed by atoms with Crippen molar-refractivity contribution in [2.75, 3.05) is 6.54 Å². The van der Waals surface area contributed by atoms with E-state index < -0.39 is 5.97 Å². The first kappa shape index (κ1) is 9.52. The van der Waals surface area contributed by atoms with Crippen molar-refractivity contribution in [2.24, 2.45) is 0 Å². The lowest BCUT2D eigenvalue weighted by molar-refractivity contribution is -0.147. The zero-order chi connectivity index (χ0) is 9.14. The van der Waals surface area contributed by atoms with Crippen LogP contribution in [0.5, 0.6) is 0 Å². The van der Waals surface area contributed by atoms with E-state index >= 15 is 0 Å². The highest BCUT2D eigenvalue weighted by molar-refractivity contribution is 5.73. The number of aliphatic carboxylic acids is 1. The number of carboxylic acids is 1. The normalized spacial score (nSPS) is 26.3. The van der Waals surface area contributed by atoms with Crippen molar-refractivity contribution in [2.45, 2.75) is 45.2 Å². The molecule has 3 nitrogen and oxygen atoms in total. The number of hydrogen-bond acceptors (Lipinski definition) is 2. The predicted octanol–water partition coefficient (Wildman–Crippen LogP) is 1.33. The lowest BCUT2D eigenvalue weighted by Crippen LogP contribution is -2.54. The van der Waals surface area contributed by atoms with Gasteiger partial charge >= 0.3 is 5.97 Å². The summed E-state index contributed by atoms with van der Waals surface area (Å²) in [5.41, 5.74) is 0. The standard InChI is InChI=1S/C9H17NO2/c1-3-4-8(9(11)12)10-6-5-7(10)2/h7-8H,3-6H2,1-2H3,(H,11,12). The van der Waals surface area contributed by atoms with Crippen molar-refractivity contribution in [3.05, 3.63) is 0 Å². The molecule has 1 rings (SSSR count). The molecular weight excluding hydrogens is 154 g/mol. The minimum Gasteiger partial charge on any atom is -0.480 e. The van der Waals surface area contributed by atoms with Gasteiger partial charge in [-0.2, -0.15) is 0 Å². The van der Waals surface area contributed by atoms with E-state index in [0.717, 1.165) is 25.8 Å². The molecule has 0 bridgehead atoms. The average Bonchev–Trinajstić information content (AvgIpc) is 2.01. The quantitative estimate of drug-likeness (QED) is 0.693. The number of hydrogen-bond donors (Lipinski definition) is 1. The minimum atomic E-state index is -0.664. The number of carbonyl (C=O) groups is 1. The van der Waals surface area contributed by atoms with Gasteiger partial charge in [-0.25, -0.2) is 0 Å². The van der Waals surface area contributed by atoms with Crippen LogP contribution in [-0.2, 0) is 4.79 Å². The third-order valence-corrected chi connectivity index (χ3v) is 2.62. The average molecular weight is 171 g/mol. The van der Waals surface area contributed by atoms with Crippen molar-refractivity contribution >= 4 is 5.97 Å². The van der Waals surface area contributed by atoms with E-state index in [2.05, 4.69) is 11.8 Å². The second-order valence-corrected chi connectivity index (χ2v) is 3.52. The Hall–Kier alpha value is -0.570. The maximum absolute atomic E-state index is 10.8. The zero-order valence-electron chi connectivity index (χ0n) is 7.79. The van der Waals surface area contributed by atoms with Crippen molar-refractivity contribution in [3.63, 3.8) is 0 Å². The van der Waals surface area contributed by atoms with E-state index in [-0.39, 0.29) is 6.04 Å². The molecule has 1 fully saturated rings. The molecule has 70 valence electrons. The zero-order valence-corrected chi connectivity index (χ0v) is 7.79. The Morgan fingerprint density at radius 1 is 1.75 bits per heavy atom. The first-order valence-corrected chi connectivity index (χ1v) is 4.65.